The largest absolute Gasteiger partial charge is 0.328 e. The van der Waals surface area contributed by atoms with E-state index in [1.54, 1.807) is 0 Å². The Bertz CT molecular complexity index is 33.8. The van der Waals surface area contributed by atoms with Crippen LogP contribution in [0.3, 0.4) is 0 Å². The van der Waals surface area contributed by atoms with Crippen LogP contribution >= 0.6 is 0 Å². The van der Waals surface area contributed by atoms with E-state index in [0.29, 0.717) is 0 Å². The van der Waals surface area contributed by atoms with E-state index in [9.17, 15) is 0 Å². The molecule has 0 unspecified atom stereocenters. The van der Waals surface area contributed by atoms with Gasteiger partial charge in [-0.2, -0.15) is 0 Å². The number of hydrogen-bond acceptors (Lipinski definition) is 2. The molecule has 0 aliphatic heterocycles. The summed E-state index contributed by atoms with van der Waals surface area (Å²) in [4.78, 5) is 8.36. The Hall–Kier alpha value is 1.55. The molecular weight excluding hydrogens is 238 g/mol. The molecule has 0 aromatic rings. The minimum atomic E-state index is -1.50. The molecule has 0 rings (SSSR count). The Balaban J connectivity index is -0.0000000450. The van der Waals surface area contributed by atoms with Crippen LogP contribution in [0.5, 0.6) is 0 Å². The van der Waals surface area contributed by atoms with Crippen LogP contribution in [-0.4, -0.2) is 33.3 Å². The van der Waals surface area contributed by atoms with Crippen molar-refractivity contribution in [2.75, 3.05) is 0 Å². The quantitative estimate of drug-likeness (QED) is 0.344. The van der Waals surface area contributed by atoms with Gasteiger partial charge in [0.15, 0.2) is 0 Å². The number of nitrogens with zero attached hydrogens (tertiary/aromatic N) is 1. The van der Waals surface area contributed by atoms with Crippen LogP contribution in [0.4, 0.5) is 0 Å². The molecule has 0 fully saturated rings. The Morgan fingerprint density at radius 1 is 1.67 bits per heavy atom. The summed E-state index contributed by atoms with van der Waals surface area (Å²) in [7, 11) is 0. The minimum Gasteiger partial charge on any atom is -0.328 e. The van der Waals surface area contributed by atoms with Gasteiger partial charge in [0.25, 0.3) is 5.09 Å². The fourth-order valence-corrected chi connectivity index (χ4v) is 0. The number of hydrogen-bond donors (Lipinski definition) is 1. The van der Waals surface area contributed by atoms with Gasteiger partial charge in [-0.25, -0.2) is 0 Å². The molecule has 0 bridgehead atoms. The van der Waals surface area contributed by atoms with Crippen LogP contribution < -0.4 is 0 Å². The first kappa shape index (κ1) is 15.6. The fourth-order valence-electron chi connectivity index (χ4n) is 0. The zero-order chi connectivity index (χ0) is 3.58. The van der Waals surface area contributed by atoms with Gasteiger partial charge >= 0.3 is 0 Å². The zero-order valence-electron chi connectivity index (χ0n) is 2.80. The zero-order valence-corrected chi connectivity index (χ0v) is 6.64. The van der Waals surface area contributed by atoms with Gasteiger partial charge in [0.05, 0.1) is 0 Å². The van der Waals surface area contributed by atoms with Crippen molar-refractivity contribution in [3.8, 4) is 0 Å². The van der Waals surface area contributed by atoms with E-state index in [4.69, 9.17) is 15.3 Å². The van der Waals surface area contributed by atoms with E-state index in [1.807, 2.05) is 0 Å². The summed E-state index contributed by atoms with van der Waals surface area (Å²) in [6.45, 7) is 0. The SMILES string of the molecule is O=[N+]([O-])O.[Eu].[Mg]. The average Bonchev–Trinajstić information content (AvgIpc) is 0.811. The van der Waals surface area contributed by atoms with Crippen molar-refractivity contribution in [2.24, 2.45) is 0 Å². The Labute approximate surface area is 91.1 Å². The maximum absolute atomic E-state index is 8.36. The normalized spacial score (nSPS) is 4.00. The van der Waals surface area contributed by atoms with E-state index in [0.717, 1.165) is 0 Å². The third-order valence-electron chi connectivity index (χ3n) is 0. The summed E-state index contributed by atoms with van der Waals surface area (Å²) in [5.74, 6) is 0. The van der Waals surface area contributed by atoms with Gasteiger partial charge in [0, 0.05) is 72.4 Å². The standard InChI is InChI=1S/Eu.Mg.HNO3/c;;2-1(3)4/h;;(H,2,3,4). The van der Waals surface area contributed by atoms with E-state index in [2.05, 4.69) is 0 Å². The third kappa shape index (κ3) is 47.8. The summed E-state index contributed by atoms with van der Waals surface area (Å²) in [5, 5.41) is 13.6. The second-order valence-corrected chi connectivity index (χ2v) is 0.238. The van der Waals surface area contributed by atoms with Crippen molar-refractivity contribution in [3.63, 3.8) is 0 Å². The van der Waals surface area contributed by atoms with E-state index < -0.39 is 5.09 Å². The number of rotatable bonds is 0. The van der Waals surface area contributed by atoms with Crippen molar-refractivity contribution in [1.29, 1.82) is 0 Å². The monoisotopic (exact) mass is 240 g/mol. The Kier molecular flexibility index (Phi) is 25.4. The molecule has 6 heteroatoms. The average molecular weight is 239 g/mol. The molecule has 3 radical (unpaired) electrons. The summed E-state index contributed by atoms with van der Waals surface area (Å²) in [5.41, 5.74) is 0. The van der Waals surface area contributed by atoms with Crippen LogP contribution in [0.15, 0.2) is 0 Å². The third-order valence-corrected chi connectivity index (χ3v) is 0. The van der Waals surface area contributed by atoms with E-state index >= 15 is 0 Å². The van der Waals surface area contributed by atoms with E-state index in [-0.39, 0.29) is 72.4 Å². The first-order valence-corrected chi connectivity index (χ1v) is 0.565. The molecule has 0 amide bonds. The molecule has 4 nitrogen and oxygen atoms in total. The van der Waals surface area contributed by atoms with Gasteiger partial charge < -0.3 is 5.21 Å². The molecule has 33 valence electrons. The van der Waals surface area contributed by atoms with Gasteiger partial charge in [-0.15, -0.1) is 10.1 Å². The van der Waals surface area contributed by atoms with Crippen molar-refractivity contribution in [1.82, 2.24) is 0 Å². The van der Waals surface area contributed by atoms with E-state index in [1.165, 1.54) is 0 Å². The molecule has 0 aliphatic rings. The summed E-state index contributed by atoms with van der Waals surface area (Å²) < 4.78 is 0. The van der Waals surface area contributed by atoms with Crippen LogP contribution in [0.25, 0.3) is 0 Å². The molecule has 0 aromatic heterocycles. The van der Waals surface area contributed by atoms with Gasteiger partial charge in [-0.1, -0.05) is 0 Å². The Morgan fingerprint density at radius 3 is 1.67 bits per heavy atom. The van der Waals surface area contributed by atoms with Crippen molar-refractivity contribution in [3.05, 3.63) is 10.1 Å². The predicted molar refractivity (Wildman–Crippen MR) is 14.5 cm³/mol. The van der Waals surface area contributed by atoms with Gasteiger partial charge in [-0.05, 0) is 0 Å². The molecule has 1 N–H and O–H groups in total. The van der Waals surface area contributed by atoms with Crippen LogP contribution in [0.2, 0.25) is 0 Å². The van der Waals surface area contributed by atoms with Gasteiger partial charge in [0.1, 0.15) is 0 Å². The maximum Gasteiger partial charge on any atom is 0.291 e. The predicted octanol–water partition coefficient (Wildman–Crippen LogP) is -0.729. The second kappa shape index (κ2) is 9.75. The molecule has 0 saturated heterocycles. The van der Waals surface area contributed by atoms with Crippen LogP contribution in [0.1, 0.15) is 0 Å². The molecule has 0 heterocycles. The molecule has 6 heavy (non-hydrogen) atoms. The first-order valence-electron chi connectivity index (χ1n) is 0.565. The van der Waals surface area contributed by atoms with Crippen LogP contribution in [0, 0.1) is 59.5 Å². The summed E-state index contributed by atoms with van der Waals surface area (Å²) >= 11 is 0. The van der Waals surface area contributed by atoms with Crippen molar-refractivity contribution in [2.45, 2.75) is 0 Å². The summed E-state index contributed by atoms with van der Waals surface area (Å²) in [6.07, 6.45) is 0. The van der Waals surface area contributed by atoms with Crippen molar-refractivity contribution >= 4 is 23.1 Å². The second-order valence-electron chi connectivity index (χ2n) is 0.238. The van der Waals surface area contributed by atoms with Crippen LogP contribution in [-0.2, 0) is 0 Å². The van der Waals surface area contributed by atoms with Gasteiger partial charge in [0.2, 0.25) is 0 Å². The Morgan fingerprint density at radius 2 is 1.67 bits per heavy atom. The molecule has 0 aliphatic carbocycles. The van der Waals surface area contributed by atoms with Crippen molar-refractivity contribution < 1.29 is 59.7 Å². The molecule has 0 saturated carbocycles. The molecule has 0 aromatic carbocycles. The van der Waals surface area contributed by atoms with Gasteiger partial charge in [-0.3, -0.25) is 0 Å². The molecule has 0 spiro atoms. The fraction of sp³-hybridized carbons (Fsp3) is 0. The maximum atomic E-state index is 8.36. The topological polar surface area (TPSA) is 63.4 Å². The minimum absolute atomic E-state index is 0. The first-order chi connectivity index (χ1) is 1.73. The smallest absolute Gasteiger partial charge is 0.291 e. The molecular formula is HEuMgNO3. The molecule has 0 atom stereocenters. The summed E-state index contributed by atoms with van der Waals surface area (Å²) in [6, 6.07) is 0.